The molecule has 1 spiro atoms. The van der Waals surface area contributed by atoms with Crippen LogP contribution in [-0.4, -0.2) is 46.2 Å². The number of rotatable bonds is 2. The molecule has 134 valence electrons. The van der Waals surface area contributed by atoms with E-state index in [-0.39, 0.29) is 16.9 Å². The standard InChI is InChI=1S/C17H20NO6P/c1-18-7-6-17-10-3-4-12(19)16(17)23-15-13(24-25(20,21)22)5-2-9(14(15)17)8-11(10)18/h2,5,10-11,16H,3-4,6-8H2,1H3,(H2,20,21,22)/t10-,11+,16-,17-/m0/s1. The van der Waals surface area contributed by atoms with Gasteiger partial charge in [-0.1, -0.05) is 6.07 Å². The summed E-state index contributed by atoms with van der Waals surface area (Å²) in [6.45, 7) is 0.886. The Morgan fingerprint density at radius 3 is 2.96 bits per heavy atom. The van der Waals surface area contributed by atoms with E-state index >= 15 is 0 Å². The lowest BCUT2D eigenvalue weighted by Crippen LogP contribution is -2.65. The van der Waals surface area contributed by atoms with E-state index in [2.05, 4.69) is 11.9 Å². The van der Waals surface area contributed by atoms with Crippen LogP contribution in [0, 0.1) is 5.92 Å². The first kappa shape index (κ1) is 15.8. The van der Waals surface area contributed by atoms with E-state index in [1.165, 1.54) is 0 Å². The Kier molecular flexibility index (Phi) is 3.07. The largest absolute Gasteiger partial charge is 0.524 e. The molecule has 1 saturated heterocycles. The molecule has 2 bridgehead atoms. The third-order valence-electron chi connectivity index (χ3n) is 6.59. The van der Waals surface area contributed by atoms with Gasteiger partial charge in [0.25, 0.3) is 0 Å². The number of Topliss-reactive ketones (excluding diaryl/α,β-unsaturated/α-hetero) is 1. The minimum atomic E-state index is -4.70. The molecule has 1 saturated carbocycles. The van der Waals surface area contributed by atoms with Gasteiger partial charge in [-0.25, -0.2) is 4.57 Å². The highest BCUT2D eigenvalue weighted by molar-refractivity contribution is 7.46. The maximum Gasteiger partial charge on any atom is 0.524 e. The summed E-state index contributed by atoms with van der Waals surface area (Å²) in [5.41, 5.74) is 1.70. The van der Waals surface area contributed by atoms with Crippen LogP contribution < -0.4 is 9.26 Å². The quantitative estimate of drug-likeness (QED) is 0.765. The smallest absolute Gasteiger partial charge is 0.477 e. The van der Waals surface area contributed by atoms with Crippen molar-refractivity contribution >= 4 is 13.6 Å². The number of benzene rings is 1. The number of ether oxygens (including phenoxy) is 1. The van der Waals surface area contributed by atoms with Gasteiger partial charge in [0.1, 0.15) is 0 Å². The van der Waals surface area contributed by atoms with E-state index in [0.717, 1.165) is 36.9 Å². The first-order chi connectivity index (χ1) is 11.8. The number of phosphoric ester groups is 1. The zero-order valence-electron chi connectivity index (χ0n) is 13.8. The van der Waals surface area contributed by atoms with Crippen molar-refractivity contribution in [2.45, 2.75) is 43.2 Å². The Morgan fingerprint density at radius 1 is 1.40 bits per heavy atom. The molecule has 0 amide bonds. The Balaban J connectivity index is 1.74. The minimum absolute atomic E-state index is 0.0415. The number of carbonyl (C=O) groups excluding carboxylic acids is 1. The predicted octanol–water partition coefficient (Wildman–Crippen LogP) is 1.40. The van der Waals surface area contributed by atoms with E-state index in [1.807, 2.05) is 6.07 Å². The van der Waals surface area contributed by atoms with E-state index in [4.69, 9.17) is 9.26 Å². The highest BCUT2D eigenvalue weighted by Gasteiger charge is 2.65. The summed E-state index contributed by atoms with van der Waals surface area (Å²) in [5, 5.41) is 0. The highest BCUT2D eigenvalue weighted by Crippen LogP contribution is 2.63. The third kappa shape index (κ3) is 1.98. The molecule has 25 heavy (non-hydrogen) atoms. The molecule has 0 aromatic heterocycles. The molecule has 2 fully saturated rings. The molecular weight excluding hydrogens is 345 g/mol. The van der Waals surface area contributed by atoms with Gasteiger partial charge >= 0.3 is 7.82 Å². The van der Waals surface area contributed by atoms with Crippen molar-refractivity contribution in [1.82, 2.24) is 4.90 Å². The van der Waals surface area contributed by atoms with Crippen LogP contribution in [0.4, 0.5) is 0 Å². The number of phosphoric acid groups is 1. The first-order valence-electron chi connectivity index (χ1n) is 8.62. The normalized spacial score (nSPS) is 36.0. The van der Waals surface area contributed by atoms with Crippen LogP contribution in [0.2, 0.25) is 0 Å². The van der Waals surface area contributed by atoms with Crippen LogP contribution in [-0.2, 0) is 21.2 Å². The lowest BCUT2D eigenvalue weighted by atomic mass is 9.52. The topological polar surface area (TPSA) is 96.3 Å². The van der Waals surface area contributed by atoms with Gasteiger partial charge in [0.05, 0.1) is 0 Å². The fraction of sp³-hybridized carbons (Fsp3) is 0.588. The molecular formula is C17H20NO6P. The maximum absolute atomic E-state index is 12.7. The number of hydrogen-bond acceptors (Lipinski definition) is 5. The molecule has 0 unspecified atom stereocenters. The number of piperidine rings is 1. The summed E-state index contributed by atoms with van der Waals surface area (Å²) < 4.78 is 22.3. The molecule has 2 aliphatic heterocycles. The van der Waals surface area contributed by atoms with Crippen LogP contribution in [0.3, 0.4) is 0 Å². The average molecular weight is 365 g/mol. The molecule has 2 N–H and O–H groups in total. The van der Waals surface area contributed by atoms with Gasteiger partial charge in [-0.15, -0.1) is 0 Å². The second-order valence-corrected chi connectivity index (χ2v) is 8.82. The predicted molar refractivity (Wildman–Crippen MR) is 87.7 cm³/mol. The van der Waals surface area contributed by atoms with Gasteiger partial charge in [0.15, 0.2) is 23.4 Å². The highest BCUT2D eigenvalue weighted by atomic mass is 31.2. The lowest BCUT2D eigenvalue weighted by Gasteiger charge is -2.57. The lowest BCUT2D eigenvalue weighted by molar-refractivity contribution is -0.138. The number of nitrogens with zero attached hydrogens (tertiary/aromatic N) is 1. The molecule has 1 aromatic rings. The number of hydrogen-bond donors (Lipinski definition) is 2. The first-order valence-corrected chi connectivity index (χ1v) is 10.2. The number of likely N-dealkylation sites (tertiary alicyclic amines) is 1. The van der Waals surface area contributed by atoms with Gasteiger partial charge < -0.3 is 14.2 Å². The average Bonchev–Trinajstić information content (AvgIpc) is 2.88. The molecule has 1 aromatic carbocycles. The van der Waals surface area contributed by atoms with Crippen molar-refractivity contribution in [2.75, 3.05) is 13.6 Å². The summed E-state index contributed by atoms with van der Waals surface area (Å²) >= 11 is 0. The summed E-state index contributed by atoms with van der Waals surface area (Å²) in [4.78, 5) is 33.5. The molecule has 0 radical (unpaired) electrons. The minimum Gasteiger partial charge on any atom is -0.477 e. The van der Waals surface area contributed by atoms with E-state index < -0.39 is 13.9 Å². The monoisotopic (exact) mass is 365 g/mol. The van der Waals surface area contributed by atoms with E-state index in [9.17, 15) is 19.1 Å². The number of likely N-dealkylation sites (N-methyl/N-ethyl adjacent to an activating group) is 1. The fourth-order valence-electron chi connectivity index (χ4n) is 5.71. The van der Waals surface area contributed by atoms with Crippen LogP contribution in [0.5, 0.6) is 11.5 Å². The number of carbonyl (C=O) groups is 1. The van der Waals surface area contributed by atoms with E-state index in [0.29, 0.717) is 24.1 Å². The maximum atomic E-state index is 12.7. The van der Waals surface area contributed by atoms with Gasteiger partial charge in [-0.2, -0.15) is 0 Å². The summed E-state index contributed by atoms with van der Waals surface area (Å²) in [5.74, 6) is 0.826. The van der Waals surface area contributed by atoms with Crippen LogP contribution in [0.25, 0.3) is 0 Å². The van der Waals surface area contributed by atoms with Gasteiger partial charge in [0, 0.05) is 23.4 Å². The summed E-state index contributed by atoms with van der Waals surface area (Å²) in [6, 6.07) is 3.81. The molecule has 7 nitrogen and oxygen atoms in total. The van der Waals surface area contributed by atoms with Gasteiger partial charge in [-0.3, -0.25) is 14.6 Å². The zero-order valence-corrected chi connectivity index (χ0v) is 14.7. The Bertz CT molecular complexity index is 835. The van der Waals surface area contributed by atoms with Crippen molar-refractivity contribution in [3.05, 3.63) is 23.3 Å². The number of ketones is 1. The molecule has 2 heterocycles. The molecule has 5 rings (SSSR count). The Morgan fingerprint density at radius 2 is 2.20 bits per heavy atom. The second kappa shape index (κ2) is 4.86. The van der Waals surface area contributed by atoms with Crippen LogP contribution in [0.1, 0.15) is 30.4 Å². The van der Waals surface area contributed by atoms with Crippen LogP contribution >= 0.6 is 7.82 Å². The van der Waals surface area contributed by atoms with E-state index in [1.54, 1.807) is 6.07 Å². The molecule has 8 heteroatoms. The van der Waals surface area contributed by atoms with Gasteiger partial charge in [0.2, 0.25) is 0 Å². The SMILES string of the molecule is CN1CC[C@]23c4c5ccc(OP(=O)(O)O)c4O[C@H]2C(=O)CC[C@H]3[C@H]1C5. The fourth-order valence-corrected chi connectivity index (χ4v) is 6.11. The molecule has 4 atom stereocenters. The Hall–Kier alpha value is -1.40. The van der Waals surface area contributed by atoms with Crippen molar-refractivity contribution in [1.29, 1.82) is 0 Å². The summed E-state index contributed by atoms with van der Waals surface area (Å²) in [6.07, 6.45) is 2.47. The van der Waals surface area contributed by atoms with Crippen LogP contribution in [0.15, 0.2) is 12.1 Å². The van der Waals surface area contributed by atoms with Crippen molar-refractivity contribution in [3.8, 4) is 11.5 Å². The third-order valence-corrected chi connectivity index (χ3v) is 7.02. The molecule has 2 aliphatic carbocycles. The van der Waals surface area contributed by atoms with Crippen molar-refractivity contribution in [3.63, 3.8) is 0 Å². The zero-order chi connectivity index (χ0) is 17.6. The van der Waals surface area contributed by atoms with Gasteiger partial charge in [-0.05, 0) is 50.4 Å². The summed E-state index contributed by atoms with van der Waals surface area (Å²) in [7, 11) is -2.57. The van der Waals surface area contributed by atoms with Crippen molar-refractivity contribution < 1.29 is 28.4 Å². The van der Waals surface area contributed by atoms with Crippen molar-refractivity contribution in [2.24, 2.45) is 5.92 Å². The second-order valence-electron chi connectivity index (χ2n) is 7.66. The molecule has 4 aliphatic rings. The Labute approximate surface area is 145 Å².